The molecule has 1 aliphatic heterocycles. The van der Waals surface area contributed by atoms with Crippen molar-refractivity contribution in [2.24, 2.45) is 7.05 Å². The molecule has 0 radical (unpaired) electrons. The molecule has 3 heterocycles. The highest BCUT2D eigenvalue weighted by atomic mass is 16.2. The third-order valence-corrected chi connectivity index (χ3v) is 3.72. The van der Waals surface area contributed by atoms with Crippen molar-refractivity contribution in [2.45, 2.75) is 6.54 Å². The van der Waals surface area contributed by atoms with E-state index in [4.69, 9.17) is 0 Å². The SMILES string of the molecule is Cn1ccc2c(N3Cc4ccccc4C3=O)ncnc21. The fraction of sp³-hybridized carbons (Fsp3) is 0.133. The van der Waals surface area contributed by atoms with Gasteiger partial charge in [0.1, 0.15) is 17.8 Å². The fourth-order valence-corrected chi connectivity index (χ4v) is 2.70. The summed E-state index contributed by atoms with van der Waals surface area (Å²) in [6, 6.07) is 9.63. The Hall–Kier alpha value is -2.69. The van der Waals surface area contributed by atoms with E-state index in [2.05, 4.69) is 9.97 Å². The van der Waals surface area contributed by atoms with Crippen LogP contribution in [0.25, 0.3) is 11.0 Å². The summed E-state index contributed by atoms with van der Waals surface area (Å²) in [5.74, 6) is 0.682. The molecule has 4 rings (SSSR count). The number of benzene rings is 1. The molecule has 5 heteroatoms. The molecular formula is C15H12N4O. The molecule has 98 valence electrons. The molecule has 1 amide bonds. The number of aromatic nitrogens is 3. The number of fused-ring (bicyclic) bond motifs is 2. The van der Waals surface area contributed by atoms with E-state index in [9.17, 15) is 4.79 Å². The molecule has 2 aromatic heterocycles. The van der Waals surface area contributed by atoms with Crippen LogP contribution in [-0.4, -0.2) is 20.4 Å². The number of aryl methyl sites for hydroxylation is 1. The van der Waals surface area contributed by atoms with E-state index in [-0.39, 0.29) is 5.91 Å². The minimum atomic E-state index is 0.00412. The van der Waals surface area contributed by atoms with Crippen LogP contribution in [0.2, 0.25) is 0 Å². The summed E-state index contributed by atoms with van der Waals surface area (Å²) in [6.07, 6.45) is 3.43. The third kappa shape index (κ3) is 1.40. The summed E-state index contributed by atoms with van der Waals surface area (Å²) >= 11 is 0. The Morgan fingerprint density at radius 3 is 2.85 bits per heavy atom. The average molecular weight is 264 g/mol. The molecule has 1 aromatic carbocycles. The molecule has 5 nitrogen and oxygen atoms in total. The second kappa shape index (κ2) is 3.90. The third-order valence-electron chi connectivity index (χ3n) is 3.72. The summed E-state index contributed by atoms with van der Waals surface area (Å²) < 4.78 is 1.92. The Morgan fingerprint density at radius 1 is 1.15 bits per heavy atom. The van der Waals surface area contributed by atoms with Gasteiger partial charge in [-0.3, -0.25) is 9.69 Å². The van der Waals surface area contributed by atoms with Crippen molar-refractivity contribution >= 4 is 22.8 Å². The van der Waals surface area contributed by atoms with Gasteiger partial charge in [-0.05, 0) is 17.7 Å². The normalized spacial score (nSPS) is 14.1. The quantitative estimate of drug-likeness (QED) is 0.676. The standard InChI is InChI=1S/C15H12N4O/c1-18-7-6-12-13(18)16-9-17-14(12)19-8-10-4-2-3-5-11(10)15(19)20/h2-7,9H,8H2,1H3. The number of carbonyl (C=O) groups excluding carboxylic acids is 1. The van der Waals surface area contributed by atoms with Gasteiger partial charge in [-0.2, -0.15) is 0 Å². The largest absolute Gasteiger partial charge is 0.335 e. The van der Waals surface area contributed by atoms with E-state index in [0.29, 0.717) is 12.4 Å². The van der Waals surface area contributed by atoms with Crippen LogP contribution in [0.3, 0.4) is 0 Å². The maximum Gasteiger partial charge on any atom is 0.260 e. The summed E-state index contributed by atoms with van der Waals surface area (Å²) in [5, 5.41) is 0.899. The van der Waals surface area contributed by atoms with Gasteiger partial charge >= 0.3 is 0 Å². The summed E-state index contributed by atoms with van der Waals surface area (Å²) in [6.45, 7) is 0.565. The van der Waals surface area contributed by atoms with Gasteiger partial charge in [-0.15, -0.1) is 0 Å². The summed E-state index contributed by atoms with van der Waals surface area (Å²) in [5.41, 5.74) is 2.63. The predicted molar refractivity (Wildman–Crippen MR) is 75.5 cm³/mol. The molecule has 0 fully saturated rings. The van der Waals surface area contributed by atoms with Crippen molar-refractivity contribution in [3.8, 4) is 0 Å². The van der Waals surface area contributed by atoms with E-state index in [1.165, 1.54) is 6.33 Å². The van der Waals surface area contributed by atoms with E-state index in [1.54, 1.807) is 4.90 Å². The van der Waals surface area contributed by atoms with E-state index in [0.717, 1.165) is 22.2 Å². The van der Waals surface area contributed by atoms with Crippen LogP contribution in [0.4, 0.5) is 5.82 Å². The highest BCUT2D eigenvalue weighted by Gasteiger charge is 2.30. The maximum absolute atomic E-state index is 12.5. The zero-order valence-electron chi connectivity index (χ0n) is 10.9. The van der Waals surface area contributed by atoms with E-state index in [1.807, 2.05) is 48.1 Å². The molecule has 0 aliphatic carbocycles. The Bertz CT molecular complexity index is 837. The van der Waals surface area contributed by atoms with E-state index < -0.39 is 0 Å². The van der Waals surface area contributed by atoms with Gasteiger partial charge < -0.3 is 4.57 Å². The number of hydrogen-bond donors (Lipinski definition) is 0. The molecule has 20 heavy (non-hydrogen) atoms. The summed E-state index contributed by atoms with van der Waals surface area (Å²) in [7, 11) is 1.93. The zero-order chi connectivity index (χ0) is 13.7. The molecule has 0 atom stereocenters. The lowest BCUT2D eigenvalue weighted by atomic mass is 10.1. The maximum atomic E-state index is 12.5. The van der Waals surface area contributed by atoms with Crippen LogP contribution < -0.4 is 4.90 Å². The molecule has 0 bridgehead atoms. The second-order valence-corrected chi connectivity index (χ2v) is 4.91. The molecule has 0 spiro atoms. The van der Waals surface area contributed by atoms with Crippen molar-refractivity contribution in [1.29, 1.82) is 0 Å². The van der Waals surface area contributed by atoms with Crippen LogP contribution in [0.1, 0.15) is 15.9 Å². The first-order valence-corrected chi connectivity index (χ1v) is 6.41. The monoisotopic (exact) mass is 264 g/mol. The van der Waals surface area contributed by atoms with Crippen molar-refractivity contribution in [3.63, 3.8) is 0 Å². The van der Waals surface area contributed by atoms with E-state index >= 15 is 0 Å². The van der Waals surface area contributed by atoms with Crippen LogP contribution >= 0.6 is 0 Å². The predicted octanol–water partition coefficient (Wildman–Crippen LogP) is 2.13. The Kier molecular flexibility index (Phi) is 2.18. The number of anilines is 1. The number of rotatable bonds is 1. The summed E-state index contributed by atoms with van der Waals surface area (Å²) in [4.78, 5) is 22.8. The lowest BCUT2D eigenvalue weighted by molar-refractivity contribution is 0.0996. The lowest BCUT2D eigenvalue weighted by Crippen LogP contribution is -2.24. The van der Waals surface area contributed by atoms with Gasteiger partial charge in [0.25, 0.3) is 5.91 Å². The van der Waals surface area contributed by atoms with Crippen molar-refractivity contribution in [3.05, 3.63) is 54.0 Å². The molecular weight excluding hydrogens is 252 g/mol. The highest BCUT2D eigenvalue weighted by molar-refractivity contribution is 6.12. The van der Waals surface area contributed by atoms with Gasteiger partial charge in [-0.1, -0.05) is 18.2 Å². The van der Waals surface area contributed by atoms with Gasteiger partial charge in [0.15, 0.2) is 0 Å². The van der Waals surface area contributed by atoms with Gasteiger partial charge in [0.2, 0.25) is 0 Å². The Balaban J connectivity index is 1.88. The average Bonchev–Trinajstić information content (AvgIpc) is 3.01. The number of amides is 1. The first-order chi connectivity index (χ1) is 9.75. The highest BCUT2D eigenvalue weighted by Crippen LogP contribution is 2.31. The Labute approximate surface area is 115 Å². The topological polar surface area (TPSA) is 51.0 Å². The van der Waals surface area contributed by atoms with Crippen LogP contribution in [0.5, 0.6) is 0 Å². The number of hydrogen-bond acceptors (Lipinski definition) is 3. The van der Waals surface area contributed by atoms with Crippen molar-refractivity contribution in [2.75, 3.05) is 4.90 Å². The van der Waals surface area contributed by atoms with Crippen LogP contribution in [0.15, 0.2) is 42.9 Å². The number of nitrogens with zero attached hydrogens (tertiary/aromatic N) is 4. The fourth-order valence-electron chi connectivity index (χ4n) is 2.70. The first-order valence-electron chi connectivity index (χ1n) is 6.41. The lowest BCUT2D eigenvalue weighted by Gasteiger charge is -2.15. The van der Waals surface area contributed by atoms with Gasteiger partial charge in [-0.25, -0.2) is 9.97 Å². The van der Waals surface area contributed by atoms with Gasteiger partial charge in [0, 0.05) is 18.8 Å². The smallest absolute Gasteiger partial charge is 0.260 e. The van der Waals surface area contributed by atoms with Crippen molar-refractivity contribution in [1.82, 2.24) is 14.5 Å². The minimum Gasteiger partial charge on any atom is -0.335 e. The van der Waals surface area contributed by atoms with Crippen LogP contribution in [0, 0.1) is 0 Å². The molecule has 0 saturated carbocycles. The molecule has 1 aliphatic rings. The molecule has 0 unspecified atom stereocenters. The second-order valence-electron chi connectivity index (χ2n) is 4.91. The van der Waals surface area contributed by atoms with Crippen molar-refractivity contribution < 1.29 is 4.79 Å². The molecule has 0 N–H and O–H groups in total. The molecule has 0 saturated heterocycles. The van der Waals surface area contributed by atoms with Crippen LogP contribution in [-0.2, 0) is 13.6 Å². The zero-order valence-corrected chi connectivity index (χ0v) is 10.9. The van der Waals surface area contributed by atoms with Gasteiger partial charge in [0.05, 0.1) is 11.9 Å². The molecule has 3 aromatic rings. The Morgan fingerprint density at radius 2 is 2.00 bits per heavy atom. The first kappa shape index (κ1) is 11.2. The number of carbonyl (C=O) groups is 1. The minimum absolute atomic E-state index is 0.00412.